The molecule has 0 bridgehead atoms. The van der Waals surface area contributed by atoms with Crippen LogP contribution in [0.5, 0.6) is 0 Å². The van der Waals surface area contributed by atoms with Gasteiger partial charge in [0, 0.05) is 23.8 Å². The second kappa shape index (κ2) is 6.95. The number of nitrogens with two attached hydrogens (primary N) is 1. The number of aromatic nitrogens is 4. The van der Waals surface area contributed by atoms with Gasteiger partial charge in [-0.15, -0.1) is 11.3 Å². The Morgan fingerprint density at radius 1 is 1.30 bits per heavy atom. The Balaban J connectivity index is 1.46. The van der Waals surface area contributed by atoms with Crippen LogP contribution in [0.15, 0.2) is 10.9 Å². The summed E-state index contributed by atoms with van der Waals surface area (Å²) in [6.07, 6.45) is 4.61. The lowest BCUT2D eigenvalue weighted by Gasteiger charge is -2.09. The Hall–Kier alpha value is -3.01. The van der Waals surface area contributed by atoms with E-state index in [2.05, 4.69) is 25.5 Å². The van der Waals surface area contributed by atoms with Gasteiger partial charge in [-0.1, -0.05) is 0 Å². The number of amides is 2. The average Bonchev–Trinajstić information content (AvgIpc) is 3.24. The number of anilines is 1. The van der Waals surface area contributed by atoms with Gasteiger partial charge in [-0.3, -0.25) is 19.5 Å². The number of thiophene rings is 1. The molecule has 0 saturated carbocycles. The molecule has 3 aromatic rings. The summed E-state index contributed by atoms with van der Waals surface area (Å²) in [5.41, 5.74) is 6.25. The molecule has 2 amide bonds. The van der Waals surface area contributed by atoms with Crippen molar-refractivity contribution in [2.24, 2.45) is 5.73 Å². The lowest BCUT2D eigenvalue weighted by molar-refractivity contribution is -0.116. The van der Waals surface area contributed by atoms with E-state index in [1.54, 1.807) is 11.3 Å². The molecular formula is C17H18N6O3S. The van der Waals surface area contributed by atoms with Crippen LogP contribution in [0.3, 0.4) is 0 Å². The van der Waals surface area contributed by atoms with E-state index in [0.717, 1.165) is 36.1 Å². The van der Waals surface area contributed by atoms with Crippen LogP contribution in [0, 0.1) is 0 Å². The van der Waals surface area contributed by atoms with Crippen molar-refractivity contribution in [1.29, 1.82) is 0 Å². The zero-order valence-electron chi connectivity index (χ0n) is 14.4. The number of rotatable bonds is 5. The minimum atomic E-state index is -0.656. The highest BCUT2D eigenvalue weighted by molar-refractivity contribution is 7.18. The summed E-state index contributed by atoms with van der Waals surface area (Å²) in [6, 6.07) is 1.36. The van der Waals surface area contributed by atoms with E-state index in [9.17, 15) is 14.4 Å². The molecule has 4 rings (SSSR count). The van der Waals surface area contributed by atoms with E-state index in [1.807, 2.05) is 0 Å². The second-order valence-electron chi connectivity index (χ2n) is 6.48. The van der Waals surface area contributed by atoms with Crippen molar-refractivity contribution in [2.75, 3.05) is 5.32 Å². The maximum absolute atomic E-state index is 12.5. The summed E-state index contributed by atoms with van der Waals surface area (Å²) >= 11 is 1.58. The van der Waals surface area contributed by atoms with Gasteiger partial charge < -0.3 is 16.0 Å². The van der Waals surface area contributed by atoms with Crippen molar-refractivity contribution >= 4 is 39.2 Å². The normalized spacial score (nSPS) is 13.5. The summed E-state index contributed by atoms with van der Waals surface area (Å²) < 4.78 is 0. The van der Waals surface area contributed by atoms with Gasteiger partial charge in [0.15, 0.2) is 5.82 Å². The third-order valence-corrected chi connectivity index (χ3v) is 5.76. The fourth-order valence-electron chi connectivity index (χ4n) is 3.28. The molecule has 1 aliphatic rings. The lowest BCUT2D eigenvalue weighted by atomic mass is 9.97. The molecule has 5 N–H and O–H groups in total. The van der Waals surface area contributed by atoms with Gasteiger partial charge in [-0.25, -0.2) is 4.98 Å². The number of aryl methyl sites for hydroxylation is 3. The fourth-order valence-corrected chi connectivity index (χ4v) is 4.56. The number of aromatic amines is 2. The van der Waals surface area contributed by atoms with Crippen LogP contribution < -0.4 is 16.6 Å². The van der Waals surface area contributed by atoms with Crippen molar-refractivity contribution in [2.45, 2.75) is 38.5 Å². The first kappa shape index (κ1) is 17.4. The molecule has 0 unspecified atom stereocenters. The molecule has 9 nitrogen and oxygen atoms in total. The Morgan fingerprint density at radius 3 is 2.89 bits per heavy atom. The van der Waals surface area contributed by atoms with Crippen molar-refractivity contribution in [3.8, 4) is 0 Å². The topological polar surface area (TPSA) is 147 Å². The monoisotopic (exact) mass is 386 g/mol. The van der Waals surface area contributed by atoms with E-state index >= 15 is 0 Å². The molecule has 0 aromatic carbocycles. The quantitative estimate of drug-likeness (QED) is 0.521. The van der Waals surface area contributed by atoms with Crippen molar-refractivity contribution in [3.63, 3.8) is 0 Å². The van der Waals surface area contributed by atoms with Crippen LogP contribution in [-0.2, 0) is 24.1 Å². The van der Waals surface area contributed by atoms with Gasteiger partial charge in [-0.2, -0.15) is 5.10 Å². The maximum Gasteiger partial charge on any atom is 0.266 e. The van der Waals surface area contributed by atoms with Crippen LogP contribution in [0.1, 0.15) is 46.0 Å². The Bertz CT molecular complexity index is 1100. The molecule has 27 heavy (non-hydrogen) atoms. The predicted octanol–water partition coefficient (Wildman–Crippen LogP) is 1.26. The number of H-pyrrole nitrogens is 2. The van der Waals surface area contributed by atoms with Crippen molar-refractivity contribution < 1.29 is 9.59 Å². The fraction of sp³-hybridized carbons (Fsp3) is 0.353. The van der Waals surface area contributed by atoms with E-state index in [4.69, 9.17) is 5.73 Å². The third kappa shape index (κ3) is 3.47. The summed E-state index contributed by atoms with van der Waals surface area (Å²) in [7, 11) is 0. The van der Waals surface area contributed by atoms with E-state index in [-0.39, 0.29) is 29.4 Å². The highest BCUT2D eigenvalue weighted by atomic mass is 32.1. The second-order valence-corrected chi connectivity index (χ2v) is 7.57. The number of hydrogen-bond donors (Lipinski definition) is 4. The number of hydrogen-bond acceptors (Lipinski definition) is 6. The molecular weight excluding hydrogens is 368 g/mol. The SMILES string of the molecule is NC(=O)c1cc(NC(=O)CCc2nc3sc4c(c3c(=O)[nH]2)CCCC4)n[nH]1. The van der Waals surface area contributed by atoms with Crippen LogP contribution in [0.4, 0.5) is 5.82 Å². The molecule has 0 saturated heterocycles. The largest absolute Gasteiger partial charge is 0.364 e. The van der Waals surface area contributed by atoms with Crippen LogP contribution >= 0.6 is 11.3 Å². The van der Waals surface area contributed by atoms with Gasteiger partial charge in [0.2, 0.25) is 5.91 Å². The van der Waals surface area contributed by atoms with Gasteiger partial charge in [0.25, 0.3) is 11.5 Å². The summed E-state index contributed by atoms with van der Waals surface area (Å²) in [6.45, 7) is 0. The Morgan fingerprint density at radius 2 is 2.11 bits per heavy atom. The predicted molar refractivity (Wildman–Crippen MR) is 101 cm³/mol. The molecule has 140 valence electrons. The zero-order valence-corrected chi connectivity index (χ0v) is 15.2. The Labute approximate surface area is 157 Å². The molecule has 0 radical (unpaired) electrons. The van der Waals surface area contributed by atoms with Gasteiger partial charge in [0.1, 0.15) is 16.3 Å². The smallest absolute Gasteiger partial charge is 0.266 e. The first-order valence-electron chi connectivity index (χ1n) is 8.70. The average molecular weight is 386 g/mol. The highest BCUT2D eigenvalue weighted by Crippen LogP contribution is 2.33. The number of fused-ring (bicyclic) bond motifs is 3. The number of primary amides is 1. The molecule has 0 atom stereocenters. The minimum Gasteiger partial charge on any atom is -0.364 e. The standard InChI is InChI=1S/C17H18N6O3S/c18-15(25)9-7-12(23-22-9)19-13(24)6-5-11-20-16(26)14-8-3-1-2-4-10(8)27-17(14)21-11/h7H,1-6H2,(H2,18,25)(H,20,21,26)(H2,19,22,23,24). The number of carbonyl (C=O) groups is 2. The summed E-state index contributed by atoms with van der Waals surface area (Å²) in [5.74, 6) is -0.250. The number of nitrogens with zero attached hydrogens (tertiary/aromatic N) is 2. The Kier molecular flexibility index (Phi) is 4.48. The van der Waals surface area contributed by atoms with Gasteiger partial charge in [-0.05, 0) is 31.2 Å². The molecule has 0 spiro atoms. The molecule has 3 heterocycles. The third-order valence-electron chi connectivity index (χ3n) is 4.57. The molecule has 1 aliphatic carbocycles. The van der Waals surface area contributed by atoms with E-state index < -0.39 is 5.91 Å². The van der Waals surface area contributed by atoms with Crippen molar-refractivity contribution in [1.82, 2.24) is 20.2 Å². The summed E-state index contributed by atoms with van der Waals surface area (Å²) in [5, 5.41) is 9.51. The van der Waals surface area contributed by atoms with Crippen LogP contribution in [0.2, 0.25) is 0 Å². The van der Waals surface area contributed by atoms with E-state index in [0.29, 0.717) is 17.6 Å². The molecule has 10 heteroatoms. The van der Waals surface area contributed by atoms with Gasteiger partial charge in [0.05, 0.1) is 5.39 Å². The van der Waals surface area contributed by atoms with E-state index in [1.165, 1.54) is 10.9 Å². The number of nitrogens with one attached hydrogen (secondary N) is 3. The van der Waals surface area contributed by atoms with Crippen LogP contribution in [-0.4, -0.2) is 32.0 Å². The first-order chi connectivity index (χ1) is 13.0. The molecule has 3 aromatic heterocycles. The minimum absolute atomic E-state index is 0.114. The lowest BCUT2D eigenvalue weighted by Crippen LogP contribution is -2.16. The number of carbonyl (C=O) groups excluding carboxylic acids is 2. The maximum atomic E-state index is 12.5. The van der Waals surface area contributed by atoms with Crippen molar-refractivity contribution in [3.05, 3.63) is 38.4 Å². The van der Waals surface area contributed by atoms with Gasteiger partial charge >= 0.3 is 0 Å². The zero-order chi connectivity index (χ0) is 19.0. The van der Waals surface area contributed by atoms with Crippen LogP contribution in [0.25, 0.3) is 10.2 Å². The molecule has 0 aliphatic heterocycles. The first-order valence-corrected chi connectivity index (χ1v) is 9.51. The molecule has 0 fully saturated rings. The summed E-state index contributed by atoms with van der Waals surface area (Å²) in [4.78, 5) is 44.9. The highest BCUT2D eigenvalue weighted by Gasteiger charge is 2.20.